The lowest BCUT2D eigenvalue weighted by Crippen LogP contribution is -2.69. The second-order valence-corrected chi connectivity index (χ2v) is 21.0. The third kappa shape index (κ3) is 6.93. The number of ketones is 1. The number of esters is 3. The fourth-order valence-corrected chi connectivity index (χ4v) is 13.8. The summed E-state index contributed by atoms with van der Waals surface area (Å²) in [5.74, 6) is -2.94. The highest BCUT2D eigenvalue weighted by Crippen LogP contribution is 2.75. The molecule has 17 heteroatoms. The maximum Gasteiger partial charge on any atom is 0.337 e. The first kappa shape index (κ1) is 47.4. The lowest BCUT2D eigenvalue weighted by molar-refractivity contribution is -0.372. The largest absolute Gasteiger partial charge is 0.469 e. The Kier molecular flexibility index (Phi) is 12.5. The molecule has 0 radical (unpaired) electrons. The van der Waals surface area contributed by atoms with Crippen molar-refractivity contribution < 1.29 is 83.0 Å². The lowest BCUT2D eigenvalue weighted by atomic mass is 9.33. The number of rotatable bonds is 8. The van der Waals surface area contributed by atoms with Gasteiger partial charge >= 0.3 is 17.9 Å². The van der Waals surface area contributed by atoms with Crippen molar-refractivity contribution in [3.8, 4) is 0 Å². The van der Waals surface area contributed by atoms with Gasteiger partial charge in [0.1, 0.15) is 36.6 Å². The Morgan fingerprint density at radius 3 is 1.90 bits per heavy atom. The van der Waals surface area contributed by atoms with Crippen molar-refractivity contribution in [2.45, 2.75) is 167 Å². The Labute approximate surface area is 362 Å². The molecule has 2 saturated heterocycles. The average molecular weight is 881 g/mol. The van der Waals surface area contributed by atoms with Crippen LogP contribution in [0.15, 0.2) is 11.6 Å². The molecule has 62 heavy (non-hydrogen) atoms. The van der Waals surface area contributed by atoms with Crippen molar-refractivity contribution in [2.24, 2.45) is 50.2 Å². The Morgan fingerprint density at radius 2 is 1.31 bits per heavy atom. The number of carbonyl (C=O) groups is 4. The van der Waals surface area contributed by atoms with Crippen LogP contribution in [0.3, 0.4) is 0 Å². The molecule has 2 heterocycles. The summed E-state index contributed by atoms with van der Waals surface area (Å²) in [5.41, 5.74) is -2.02. The van der Waals surface area contributed by atoms with Gasteiger partial charge in [-0.2, -0.15) is 0 Å². The zero-order valence-electron chi connectivity index (χ0n) is 37.4. The highest BCUT2D eigenvalue weighted by Gasteiger charge is 2.71. The number of aliphatic hydroxyl groups is 6. The van der Waals surface area contributed by atoms with Gasteiger partial charge in [0.15, 0.2) is 30.6 Å². The van der Waals surface area contributed by atoms with Crippen LogP contribution in [0, 0.1) is 50.2 Å². The number of aliphatic hydroxyl groups excluding tert-OH is 6. The van der Waals surface area contributed by atoms with E-state index in [4.69, 9.17) is 28.4 Å². The molecule has 7 rings (SSSR count). The van der Waals surface area contributed by atoms with E-state index in [9.17, 15) is 45.0 Å². The summed E-state index contributed by atoms with van der Waals surface area (Å²) >= 11 is 0. The summed E-state index contributed by atoms with van der Waals surface area (Å²) in [6, 6.07) is 0. The van der Waals surface area contributed by atoms with Crippen LogP contribution in [0.4, 0.5) is 0 Å². The number of fused-ring (bicyclic) bond motifs is 7. The predicted molar refractivity (Wildman–Crippen MR) is 214 cm³/mol. The van der Waals surface area contributed by atoms with Crippen molar-refractivity contribution in [2.75, 3.05) is 27.9 Å². The lowest BCUT2D eigenvalue weighted by Gasteiger charge is -2.70. The third-order valence-corrected chi connectivity index (χ3v) is 17.9. The van der Waals surface area contributed by atoms with E-state index in [1.165, 1.54) is 7.11 Å². The topological polar surface area (TPSA) is 254 Å². The van der Waals surface area contributed by atoms with Crippen LogP contribution in [0.1, 0.15) is 99.3 Å². The van der Waals surface area contributed by atoms with E-state index < -0.39 is 107 Å². The van der Waals surface area contributed by atoms with Gasteiger partial charge in [-0.3, -0.25) is 9.59 Å². The number of hydrogen-bond donors (Lipinski definition) is 6. The molecule has 2 aliphatic heterocycles. The molecule has 6 N–H and O–H groups in total. The summed E-state index contributed by atoms with van der Waals surface area (Å²) in [6.07, 6.45) is -11.4. The van der Waals surface area contributed by atoms with Crippen LogP contribution >= 0.6 is 0 Å². The van der Waals surface area contributed by atoms with Gasteiger partial charge in [0.25, 0.3) is 0 Å². The van der Waals surface area contributed by atoms with E-state index in [1.54, 1.807) is 0 Å². The maximum absolute atomic E-state index is 15.0. The molecular weight excluding hydrogens is 812 g/mol. The highest BCUT2D eigenvalue weighted by atomic mass is 16.8. The smallest absolute Gasteiger partial charge is 0.337 e. The van der Waals surface area contributed by atoms with E-state index in [1.807, 2.05) is 19.9 Å². The van der Waals surface area contributed by atoms with Crippen LogP contribution < -0.4 is 0 Å². The first-order valence-electron chi connectivity index (χ1n) is 22.1. The molecule has 3 unspecified atom stereocenters. The van der Waals surface area contributed by atoms with Crippen LogP contribution in [-0.4, -0.2) is 150 Å². The molecule has 0 aromatic heterocycles. The van der Waals surface area contributed by atoms with Crippen LogP contribution in [0.25, 0.3) is 0 Å². The SMILES string of the molecule is COC(=O)[C@H]1OC(O[C@H]2CC[C@@]3(C)[C@@H](CC[C@]4(C)[C@@H]3C(=O)C=C3[C@H]5C[C@@](C)(C(=O)OC)CC[C@]5(C)CC[C@]34C)[C@@]2(C)CO)C(OC2O[C@H](C(=O)OC)[C@@H](O)[C@H](O)[C@H]2O)[C@@H](O)[C@@H]1O. The molecule has 6 fully saturated rings. The summed E-state index contributed by atoms with van der Waals surface area (Å²) in [7, 11) is 3.53. The Bertz CT molecular complexity index is 1810. The van der Waals surface area contributed by atoms with Crippen LogP contribution in [0.5, 0.6) is 0 Å². The second kappa shape index (κ2) is 16.4. The summed E-state index contributed by atoms with van der Waals surface area (Å²) in [4.78, 5) is 53.4. The maximum atomic E-state index is 15.0. The molecular formula is C45H68O17. The van der Waals surface area contributed by atoms with Crippen molar-refractivity contribution in [1.29, 1.82) is 0 Å². The molecule has 0 spiro atoms. The number of ether oxygens (including phenoxy) is 7. The zero-order chi connectivity index (χ0) is 45.7. The first-order chi connectivity index (χ1) is 28.9. The second-order valence-electron chi connectivity index (χ2n) is 21.0. The molecule has 350 valence electrons. The van der Waals surface area contributed by atoms with E-state index in [0.29, 0.717) is 32.1 Å². The molecule has 0 amide bonds. The number of carbonyl (C=O) groups excluding carboxylic acids is 4. The van der Waals surface area contributed by atoms with Gasteiger partial charge in [0, 0.05) is 11.3 Å². The van der Waals surface area contributed by atoms with E-state index in [-0.39, 0.29) is 41.0 Å². The van der Waals surface area contributed by atoms with Gasteiger partial charge in [-0.1, -0.05) is 40.2 Å². The van der Waals surface area contributed by atoms with E-state index in [2.05, 4.69) is 32.4 Å². The van der Waals surface area contributed by atoms with Crippen LogP contribution in [0.2, 0.25) is 0 Å². The molecule has 17 nitrogen and oxygen atoms in total. The fourth-order valence-electron chi connectivity index (χ4n) is 13.8. The molecule has 5 aliphatic carbocycles. The average Bonchev–Trinajstić information content (AvgIpc) is 3.24. The van der Waals surface area contributed by atoms with Gasteiger partial charge in [0.05, 0.1) is 39.5 Å². The van der Waals surface area contributed by atoms with Crippen molar-refractivity contribution in [3.63, 3.8) is 0 Å². The molecule has 0 aromatic carbocycles. The number of methoxy groups -OCH3 is 3. The standard InChI is InChI=1S/C45H68O17/c1-40-14-15-41(2,39(55)58-9)19-22(40)21-18-23(47)34-42(3)12-11-25(43(4,20-46)24(42)10-13-45(34,6)44(21,5)17-16-40)59-38-33(29(51)28(50)32(61-38)36(54)57-8)62-37-30(52)26(48)27(49)31(60-37)35(53)56-7/h18,22,24-34,37-38,46,48-52H,10-17,19-20H2,1-9H3/t22-,24-,25+,26+,27+,28+,29+,30-,31+,32+,33?,34-,37?,38?,40-,41+,42+,43-,44-,45-/m1/s1. The van der Waals surface area contributed by atoms with Gasteiger partial charge in [0.2, 0.25) is 0 Å². The normalized spacial score (nSPS) is 51.3. The van der Waals surface area contributed by atoms with Gasteiger partial charge < -0.3 is 63.8 Å². The monoisotopic (exact) mass is 880 g/mol. The van der Waals surface area contributed by atoms with Crippen molar-refractivity contribution >= 4 is 23.7 Å². The molecule has 20 atom stereocenters. The molecule has 7 aliphatic rings. The molecule has 0 aromatic rings. The Hall–Kier alpha value is -2.58. The molecule has 4 saturated carbocycles. The minimum Gasteiger partial charge on any atom is -0.469 e. The van der Waals surface area contributed by atoms with Crippen LogP contribution in [-0.2, 0) is 52.3 Å². The van der Waals surface area contributed by atoms with Crippen molar-refractivity contribution in [3.05, 3.63) is 11.6 Å². The van der Waals surface area contributed by atoms with E-state index >= 15 is 4.79 Å². The summed E-state index contributed by atoms with van der Waals surface area (Å²) < 4.78 is 38.9. The Morgan fingerprint density at radius 1 is 0.710 bits per heavy atom. The van der Waals surface area contributed by atoms with Gasteiger partial charge in [-0.25, -0.2) is 9.59 Å². The predicted octanol–water partition coefficient (Wildman–Crippen LogP) is 1.48. The van der Waals surface area contributed by atoms with E-state index in [0.717, 1.165) is 45.5 Å². The summed E-state index contributed by atoms with van der Waals surface area (Å²) in [6.45, 7) is 12.5. The number of hydrogen-bond acceptors (Lipinski definition) is 17. The minimum absolute atomic E-state index is 0.0337. The third-order valence-electron chi connectivity index (χ3n) is 17.9. The minimum atomic E-state index is -1.97. The quantitative estimate of drug-likeness (QED) is 0.115. The highest BCUT2D eigenvalue weighted by molar-refractivity contribution is 5.95. The Balaban J connectivity index is 1.20. The fraction of sp³-hybridized carbons (Fsp3) is 0.867. The van der Waals surface area contributed by atoms with Gasteiger partial charge in [-0.15, -0.1) is 0 Å². The number of allylic oxidation sites excluding steroid dienone is 2. The summed E-state index contributed by atoms with van der Waals surface area (Å²) in [5, 5.41) is 65.9. The zero-order valence-corrected chi connectivity index (χ0v) is 37.4. The first-order valence-corrected chi connectivity index (χ1v) is 22.1. The molecule has 0 bridgehead atoms. The van der Waals surface area contributed by atoms with Crippen molar-refractivity contribution in [1.82, 2.24) is 0 Å². The van der Waals surface area contributed by atoms with Gasteiger partial charge in [-0.05, 0) is 104 Å².